The number of alkyl carbamates (subject to hydrolysis) is 1. The van der Waals surface area contributed by atoms with E-state index in [9.17, 15) is 14.4 Å². The molecule has 1 aliphatic rings. The number of benzene rings is 2. The molecule has 0 fully saturated rings. The first-order chi connectivity index (χ1) is 16.4. The predicted octanol–water partition coefficient (Wildman–Crippen LogP) is 3.69. The fourth-order valence-corrected chi connectivity index (χ4v) is 4.29. The zero-order chi connectivity index (χ0) is 24.5. The molecule has 0 bridgehead atoms. The van der Waals surface area contributed by atoms with Gasteiger partial charge in [0.05, 0.1) is 6.42 Å². The van der Waals surface area contributed by atoms with Crippen molar-refractivity contribution >= 4 is 18.0 Å². The Bertz CT molecular complexity index is 963. The van der Waals surface area contributed by atoms with Crippen molar-refractivity contribution < 1.29 is 29.0 Å². The second-order valence-corrected chi connectivity index (χ2v) is 8.37. The molecule has 8 nitrogen and oxygen atoms in total. The number of carboxylic acid groups (broad SMARTS) is 1. The Balaban J connectivity index is 1.64. The Morgan fingerprint density at radius 1 is 1.00 bits per heavy atom. The van der Waals surface area contributed by atoms with Crippen LogP contribution in [-0.2, 0) is 19.1 Å². The van der Waals surface area contributed by atoms with Crippen molar-refractivity contribution in [2.75, 3.05) is 20.3 Å². The van der Waals surface area contributed by atoms with E-state index in [1.807, 2.05) is 36.4 Å². The normalized spacial score (nSPS) is 13.9. The lowest BCUT2D eigenvalue weighted by molar-refractivity contribution is -0.137. The van der Waals surface area contributed by atoms with Crippen molar-refractivity contribution in [2.45, 2.75) is 50.6 Å². The SMILES string of the molecule is CCC(CC(=O)O)NC(=O)C(CCCOC)NC(=O)OCC1c2ccccc2-c2ccccc21. The molecule has 0 aliphatic heterocycles. The van der Waals surface area contributed by atoms with Gasteiger partial charge in [0.25, 0.3) is 0 Å². The Hall–Kier alpha value is -3.39. The minimum Gasteiger partial charge on any atom is -0.481 e. The molecule has 2 atom stereocenters. The van der Waals surface area contributed by atoms with Gasteiger partial charge in [-0.3, -0.25) is 9.59 Å². The first-order valence-electron chi connectivity index (χ1n) is 11.6. The highest BCUT2D eigenvalue weighted by Crippen LogP contribution is 2.44. The smallest absolute Gasteiger partial charge is 0.407 e. The summed E-state index contributed by atoms with van der Waals surface area (Å²) in [5, 5.41) is 14.4. The van der Waals surface area contributed by atoms with E-state index in [0.717, 1.165) is 22.3 Å². The molecule has 3 rings (SSSR count). The van der Waals surface area contributed by atoms with Gasteiger partial charge < -0.3 is 25.2 Å². The maximum atomic E-state index is 12.8. The Morgan fingerprint density at radius 3 is 2.18 bits per heavy atom. The van der Waals surface area contributed by atoms with Gasteiger partial charge in [0.2, 0.25) is 5.91 Å². The number of nitrogens with one attached hydrogen (secondary N) is 2. The van der Waals surface area contributed by atoms with E-state index in [-0.39, 0.29) is 18.9 Å². The van der Waals surface area contributed by atoms with Gasteiger partial charge in [0, 0.05) is 25.7 Å². The van der Waals surface area contributed by atoms with Crippen LogP contribution in [0.5, 0.6) is 0 Å². The van der Waals surface area contributed by atoms with Gasteiger partial charge in [-0.15, -0.1) is 0 Å². The number of ether oxygens (including phenoxy) is 2. The van der Waals surface area contributed by atoms with Crippen LogP contribution in [0, 0.1) is 0 Å². The van der Waals surface area contributed by atoms with E-state index in [1.165, 1.54) is 0 Å². The maximum absolute atomic E-state index is 12.8. The van der Waals surface area contributed by atoms with E-state index in [2.05, 4.69) is 22.8 Å². The summed E-state index contributed by atoms with van der Waals surface area (Å²) < 4.78 is 10.6. The second-order valence-electron chi connectivity index (χ2n) is 8.37. The summed E-state index contributed by atoms with van der Waals surface area (Å²) in [6.07, 6.45) is 0.485. The Morgan fingerprint density at radius 2 is 1.62 bits per heavy atom. The van der Waals surface area contributed by atoms with E-state index < -0.39 is 30.1 Å². The van der Waals surface area contributed by atoms with Crippen molar-refractivity contribution in [3.8, 4) is 11.1 Å². The largest absolute Gasteiger partial charge is 0.481 e. The molecule has 8 heteroatoms. The molecule has 3 N–H and O–H groups in total. The third-order valence-corrected chi connectivity index (χ3v) is 6.05. The third kappa shape index (κ3) is 6.35. The number of carbonyl (C=O) groups is 3. The molecule has 0 radical (unpaired) electrons. The highest BCUT2D eigenvalue weighted by atomic mass is 16.5. The summed E-state index contributed by atoms with van der Waals surface area (Å²) in [5.41, 5.74) is 4.47. The molecular formula is C26H32N2O6. The van der Waals surface area contributed by atoms with Crippen LogP contribution < -0.4 is 10.6 Å². The average Bonchev–Trinajstić information content (AvgIpc) is 3.15. The molecule has 2 unspecified atom stereocenters. The number of hydrogen-bond acceptors (Lipinski definition) is 5. The minimum atomic E-state index is -0.993. The van der Waals surface area contributed by atoms with Crippen LogP contribution in [0.3, 0.4) is 0 Å². The maximum Gasteiger partial charge on any atom is 0.407 e. The van der Waals surface area contributed by atoms with Crippen molar-refractivity contribution in [2.24, 2.45) is 0 Å². The van der Waals surface area contributed by atoms with Crippen LogP contribution in [0.2, 0.25) is 0 Å². The van der Waals surface area contributed by atoms with Crippen molar-refractivity contribution in [1.29, 1.82) is 0 Å². The van der Waals surface area contributed by atoms with Crippen LogP contribution >= 0.6 is 0 Å². The molecule has 0 saturated heterocycles. The van der Waals surface area contributed by atoms with Gasteiger partial charge in [-0.05, 0) is 41.5 Å². The standard InChI is InChI=1S/C26H32N2O6/c1-3-17(15-24(29)30)27-25(31)23(13-8-14-33-2)28-26(32)34-16-22-20-11-6-4-9-18(20)19-10-5-7-12-21(19)22/h4-7,9-12,17,22-23H,3,8,13-16H2,1-2H3,(H,27,31)(H,28,32)(H,29,30). The highest BCUT2D eigenvalue weighted by molar-refractivity contribution is 5.86. The number of carbonyl (C=O) groups excluding carboxylic acids is 2. The summed E-state index contributed by atoms with van der Waals surface area (Å²) in [4.78, 5) is 36.5. The monoisotopic (exact) mass is 468 g/mol. The van der Waals surface area contributed by atoms with Crippen LogP contribution in [0.25, 0.3) is 11.1 Å². The number of methoxy groups -OCH3 is 1. The number of fused-ring (bicyclic) bond motifs is 3. The molecule has 0 spiro atoms. The third-order valence-electron chi connectivity index (χ3n) is 6.05. The number of hydrogen-bond donors (Lipinski definition) is 3. The summed E-state index contributed by atoms with van der Waals surface area (Å²) in [5.74, 6) is -1.51. The van der Waals surface area contributed by atoms with E-state index in [4.69, 9.17) is 14.6 Å². The fourth-order valence-electron chi connectivity index (χ4n) is 4.29. The summed E-state index contributed by atoms with van der Waals surface area (Å²) >= 11 is 0. The molecule has 0 heterocycles. The molecule has 0 aromatic heterocycles. The van der Waals surface area contributed by atoms with Gasteiger partial charge in [-0.2, -0.15) is 0 Å². The zero-order valence-corrected chi connectivity index (χ0v) is 19.6. The summed E-state index contributed by atoms with van der Waals surface area (Å²) in [7, 11) is 1.56. The van der Waals surface area contributed by atoms with Crippen LogP contribution in [0.1, 0.15) is 49.7 Å². The molecule has 2 aromatic carbocycles. The lowest BCUT2D eigenvalue weighted by atomic mass is 9.98. The Labute approximate surface area is 199 Å². The summed E-state index contributed by atoms with van der Waals surface area (Å²) in [6, 6.07) is 14.7. The highest BCUT2D eigenvalue weighted by Gasteiger charge is 2.30. The van der Waals surface area contributed by atoms with Crippen molar-refractivity contribution in [3.63, 3.8) is 0 Å². The summed E-state index contributed by atoms with van der Waals surface area (Å²) in [6.45, 7) is 2.37. The van der Waals surface area contributed by atoms with E-state index in [1.54, 1.807) is 14.0 Å². The number of amides is 2. The second kappa shape index (κ2) is 12.2. The van der Waals surface area contributed by atoms with Crippen molar-refractivity contribution in [1.82, 2.24) is 10.6 Å². The van der Waals surface area contributed by atoms with Gasteiger partial charge in [0.1, 0.15) is 12.6 Å². The quantitative estimate of drug-likeness (QED) is 0.410. The first-order valence-corrected chi connectivity index (χ1v) is 11.6. The average molecular weight is 469 g/mol. The van der Waals surface area contributed by atoms with Gasteiger partial charge in [-0.1, -0.05) is 55.5 Å². The van der Waals surface area contributed by atoms with Crippen LogP contribution in [0.15, 0.2) is 48.5 Å². The predicted molar refractivity (Wildman–Crippen MR) is 128 cm³/mol. The molecule has 1 aliphatic carbocycles. The van der Waals surface area contributed by atoms with Crippen LogP contribution in [-0.4, -0.2) is 55.5 Å². The van der Waals surface area contributed by atoms with Crippen LogP contribution in [0.4, 0.5) is 4.79 Å². The minimum absolute atomic E-state index is 0.0843. The zero-order valence-electron chi connectivity index (χ0n) is 19.6. The molecule has 182 valence electrons. The van der Waals surface area contributed by atoms with Crippen molar-refractivity contribution in [3.05, 3.63) is 59.7 Å². The molecule has 34 heavy (non-hydrogen) atoms. The van der Waals surface area contributed by atoms with E-state index >= 15 is 0 Å². The van der Waals surface area contributed by atoms with Gasteiger partial charge in [-0.25, -0.2) is 4.79 Å². The van der Waals surface area contributed by atoms with E-state index in [0.29, 0.717) is 25.9 Å². The Kier molecular flexibility index (Phi) is 9.04. The lowest BCUT2D eigenvalue weighted by Crippen LogP contribution is -2.50. The topological polar surface area (TPSA) is 114 Å². The molecule has 2 aromatic rings. The van der Waals surface area contributed by atoms with Gasteiger partial charge >= 0.3 is 12.1 Å². The first kappa shape index (κ1) is 25.2. The number of carboxylic acids is 1. The fraction of sp³-hybridized carbons (Fsp3) is 0.423. The molecule has 0 saturated carbocycles. The number of rotatable bonds is 12. The molecular weight excluding hydrogens is 436 g/mol. The lowest BCUT2D eigenvalue weighted by Gasteiger charge is -2.22. The van der Waals surface area contributed by atoms with Gasteiger partial charge in [0.15, 0.2) is 0 Å². The number of aliphatic carboxylic acids is 1. The molecule has 2 amide bonds.